The quantitative estimate of drug-likeness (QED) is 0.842. The van der Waals surface area contributed by atoms with Gasteiger partial charge in [-0.25, -0.2) is 4.39 Å². The van der Waals surface area contributed by atoms with E-state index in [9.17, 15) is 17.6 Å². The van der Waals surface area contributed by atoms with Crippen LogP contribution in [-0.2, 0) is 10.9 Å². The molecule has 0 spiro atoms. The van der Waals surface area contributed by atoms with E-state index in [-0.39, 0.29) is 12.2 Å². The number of hydrogen-bond acceptors (Lipinski definition) is 3. The average molecular weight is 292 g/mol. The first kappa shape index (κ1) is 15.1. The van der Waals surface area contributed by atoms with E-state index in [1.807, 2.05) is 0 Å². The molecular weight excluding hydrogens is 276 g/mol. The summed E-state index contributed by atoms with van der Waals surface area (Å²) in [7, 11) is 0. The van der Waals surface area contributed by atoms with E-state index in [4.69, 9.17) is 10.5 Å². The first-order valence-corrected chi connectivity index (χ1v) is 6.29. The summed E-state index contributed by atoms with van der Waals surface area (Å²) in [6.45, 7) is 1.25. The van der Waals surface area contributed by atoms with Crippen molar-refractivity contribution in [3.8, 4) is 0 Å². The fourth-order valence-electron chi connectivity index (χ4n) is 2.22. The fraction of sp³-hybridized carbons (Fsp3) is 0.538. The van der Waals surface area contributed by atoms with E-state index < -0.39 is 23.1 Å². The Morgan fingerprint density at radius 1 is 1.25 bits per heavy atom. The molecule has 1 heterocycles. The van der Waals surface area contributed by atoms with Gasteiger partial charge >= 0.3 is 6.18 Å². The van der Waals surface area contributed by atoms with Crippen LogP contribution in [-0.4, -0.2) is 25.3 Å². The first-order chi connectivity index (χ1) is 9.36. The topological polar surface area (TPSA) is 47.3 Å². The van der Waals surface area contributed by atoms with E-state index in [1.54, 1.807) is 0 Å². The largest absolute Gasteiger partial charge is 0.416 e. The SMILES string of the molecule is NCC1(Nc2ccc(C(F)(F)F)cc2F)CCOCC1. The minimum absolute atomic E-state index is 0.0327. The smallest absolute Gasteiger partial charge is 0.381 e. The minimum Gasteiger partial charge on any atom is -0.381 e. The maximum absolute atomic E-state index is 13.8. The number of rotatable bonds is 3. The first-order valence-electron chi connectivity index (χ1n) is 6.29. The second kappa shape index (κ2) is 5.57. The van der Waals surface area contributed by atoms with Gasteiger partial charge in [0.25, 0.3) is 0 Å². The predicted molar refractivity (Wildman–Crippen MR) is 66.9 cm³/mol. The molecule has 112 valence electrons. The lowest BCUT2D eigenvalue weighted by atomic mass is 9.89. The normalized spacial score (nSPS) is 18.9. The molecule has 7 heteroatoms. The van der Waals surface area contributed by atoms with Crippen molar-refractivity contribution in [3.05, 3.63) is 29.6 Å². The van der Waals surface area contributed by atoms with Gasteiger partial charge in [0.1, 0.15) is 5.82 Å². The van der Waals surface area contributed by atoms with E-state index in [2.05, 4.69) is 5.32 Å². The Morgan fingerprint density at radius 3 is 2.40 bits per heavy atom. The molecule has 0 atom stereocenters. The molecule has 0 aliphatic carbocycles. The molecule has 0 unspecified atom stereocenters. The Bertz CT molecular complexity index is 470. The molecule has 3 nitrogen and oxygen atoms in total. The average Bonchev–Trinajstić information content (AvgIpc) is 2.41. The number of alkyl halides is 3. The van der Waals surface area contributed by atoms with Crippen molar-refractivity contribution in [1.29, 1.82) is 0 Å². The Kier molecular flexibility index (Phi) is 4.19. The molecule has 0 aromatic heterocycles. The van der Waals surface area contributed by atoms with Crippen LogP contribution in [0.15, 0.2) is 18.2 Å². The Balaban J connectivity index is 2.21. The predicted octanol–water partition coefficient (Wildman–Crippen LogP) is 2.76. The van der Waals surface area contributed by atoms with Gasteiger partial charge in [-0.3, -0.25) is 0 Å². The molecule has 0 bridgehead atoms. The summed E-state index contributed by atoms with van der Waals surface area (Å²) in [5.41, 5.74) is 4.21. The second-order valence-corrected chi connectivity index (χ2v) is 4.91. The summed E-state index contributed by atoms with van der Waals surface area (Å²) in [4.78, 5) is 0. The van der Waals surface area contributed by atoms with Gasteiger partial charge in [0.2, 0.25) is 0 Å². The van der Waals surface area contributed by atoms with E-state index in [0.29, 0.717) is 32.1 Å². The number of nitrogens with two attached hydrogens (primary N) is 1. The third kappa shape index (κ3) is 3.21. The van der Waals surface area contributed by atoms with Crippen LogP contribution in [0.4, 0.5) is 23.2 Å². The molecule has 3 N–H and O–H groups in total. The van der Waals surface area contributed by atoms with Crippen LogP contribution in [0.25, 0.3) is 0 Å². The molecule has 1 aromatic carbocycles. The van der Waals surface area contributed by atoms with Gasteiger partial charge in [-0.2, -0.15) is 13.2 Å². The molecule has 0 saturated carbocycles. The van der Waals surface area contributed by atoms with Gasteiger partial charge in [-0.1, -0.05) is 0 Å². The molecular formula is C13H16F4N2O. The summed E-state index contributed by atoms with van der Waals surface area (Å²) in [5.74, 6) is -0.931. The van der Waals surface area contributed by atoms with Crippen molar-refractivity contribution in [2.75, 3.05) is 25.1 Å². The van der Waals surface area contributed by atoms with Gasteiger partial charge in [0.05, 0.1) is 16.8 Å². The van der Waals surface area contributed by atoms with Gasteiger partial charge in [0, 0.05) is 19.8 Å². The summed E-state index contributed by atoms with van der Waals surface area (Å²) >= 11 is 0. The van der Waals surface area contributed by atoms with Crippen LogP contribution in [0.2, 0.25) is 0 Å². The third-order valence-corrected chi connectivity index (χ3v) is 3.54. The lowest BCUT2D eigenvalue weighted by molar-refractivity contribution is -0.137. The highest BCUT2D eigenvalue weighted by atomic mass is 19.4. The van der Waals surface area contributed by atoms with Crippen LogP contribution in [0.3, 0.4) is 0 Å². The number of ether oxygens (including phenoxy) is 1. The fourth-order valence-corrected chi connectivity index (χ4v) is 2.22. The highest BCUT2D eigenvalue weighted by Gasteiger charge is 2.34. The molecule has 20 heavy (non-hydrogen) atoms. The lowest BCUT2D eigenvalue weighted by Crippen LogP contribution is -2.49. The number of nitrogens with one attached hydrogen (secondary N) is 1. The van der Waals surface area contributed by atoms with Gasteiger partial charge in [-0.05, 0) is 31.0 Å². The number of hydrogen-bond donors (Lipinski definition) is 2. The van der Waals surface area contributed by atoms with Crippen molar-refractivity contribution in [2.45, 2.75) is 24.6 Å². The molecule has 2 rings (SSSR count). The zero-order chi connectivity index (χ0) is 14.8. The second-order valence-electron chi connectivity index (χ2n) is 4.91. The highest BCUT2D eigenvalue weighted by molar-refractivity contribution is 5.49. The van der Waals surface area contributed by atoms with Crippen LogP contribution in [0.1, 0.15) is 18.4 Å². The van der Waals surface area contributed by atoms with E-state index in [1.165, 1.54) is 0 Å². The van der Waals surface area contributed by atoms with Crippen LogP contribution in [0.5, 0.6) is 0 Å². The van der Waals surface area contributed by atoms with Crippen molar-refractivity contribution >= 4 is 5.69 Å². The maximum atomic E-state index is 13.8. The lowest BCUT2D eigenvalue weighted by Gasteiger charge is -2.38. The molecule has 1 aliphatic rings. The molecule has 0 radical (unpaired) electrons. The third-order valence-electron chi connectivity index (χ3n) is 3.54. The van der Waals surface area contributed by atoms with E-state index in [0.717, 1.165) is 12.1 Å². The van der Waals surface area contributed by atoms with Gasteiger partial charge in [0.15, 0.2) is 0 Å². The van der Waals surface area contributed by atoms with E-state index >= 15 is 0 Å². The molecule has 1 fully saturated rings. The van der Waals surface area contributed by atoms with Crippen molar-refractivity contribution in [1.82, 2.24) is 0 Å². The van der Waals surface area contributed by atoms with Gasteiger partial charge < -0.3 is 15.8 Å². The molecule has 0 amide bonds. The van der Waals surface area contributed by atoms with Crippen molar-refractivity contribution < 1.29 is 22.3 Å². The van der Waals surface area contributed by atoms with Crippen LogP contribution >= 0.6 is 0 Å². The Labute approximate surface area is 114 Å². The summed E-state index contributed by atoms with van der Waals surface area (Å²) < 4.78 is 56.5. The zero-order valence-electron chi connectivity index (χ0n) is 10.8. The standard InChI is InChI=1S/C13H16F4N2O/c14-10-7-9(13(15,16)17)1-2-11(10)19-12(8-18)3-5-20-6-4-12/h1-2,7,19H,3-6,8,18H2. The Morgan fingerprint density at radius 2 is 1.90 bits per heavy atom. The summed E-state index contributed by atoms with van der Waals surface area (Å²) in [6, 6.07) is 2.45. The molecule has 1 aromatic rings. The van der Waals surface area contributed by atoms with Gasteiger partial charge in [-0.15, -0.1) is 0 Å². The number of benzene rings is 1. The Hall–Kier alpha value is -1.34. The van der Waals surface area contributed by atoms with Crippen LogP contribution in [0, 0.1) is 5.82 Å². The van der Waals surface area contributed by atoms with Crippen molar-refractivity contribution in [3.63, 3.8) is 0 Å². The highest BCUT2D eigenvalue weighted by Crippen LogP contribution is 2.33. The minimum atomic E-state index is -4.55. The summed E-state index contributed by atoms with van der Waals surface area (Å²) in [6.07, 6.45) is -3.38. The zero-order valence-corrected chi connectivity index (χ0v) is 10.8. The monoisotopic (exact) mass is 292 g/mol. The maximum Gasteiger partial charge on any atom is 0.416 e. The summed E-state index contributed by atoms with van der Waals surface area (Å²) in [5, 5.41) is 2.94. The number of halogens is 4. The van der Waals surface area contributed by atoms with Crippen molar-refractivity contribution in [2.24, 2.45) is 5.73 Å². The molecule has 1 saturated heterocycles. The molecule has 1 aliphatic heterocycles. The number of anilines is 1. The van der Waals surface area contributed by atoms with Crippen LogP contribution < -0.4 is 11.1 Å².